The summed E-state index contributed by atoms with van der Waals surface area (Å²) < 4.78 is -0.913. The van der Waals surface area contributed by atoms with E-state index >= 15 is 0 Å². The quantitative estimate of drug-likeness (QED) is 0.811. The topological polar surface area (TPSA) is 54.4 Å². The van der Waals surface area contributed by atoms with Gasteiger partial charge in [0, 0.05) is 6.42 Å². The summed E-state index contributed by atoms with van der Waals surface area (Å²) in [5, 5.41) is 8.52. The van der Waals surface area contributed by atoms with Crippen LogP contribution >= 0.6 is 31.9 Å². The predicted molar refractivity (Wildman–Crippen MR) is 59.7 cm³/mol. The number of rotatable bonds is 3. The first-order valence-corrected chi connectivity index (χ1v) is 5.55. The largest absolute Gasteiger partial charge is 0.481 e. The normalized spacial score (nSPS) is 19.3. The van der Waals surface area contributed by atoms with Crippen LogP contribution in [0.15, 0.2) is 23.8 Å². The van der Waals surface area contributed by atoms with E-state index in [1.165, 1.54) is 6.08 Å². The second kappa shape index (κ2) is 4.40. The number of hydrogen-bond donors (Lipinski definition) is 1. The summed E-state index contributed by atoms with van der Waals surface area (Å²) in [5.74, 6) is -0.996. The standard InChI is InChI=1S/C9H8Br2O3/c10-9(11)6(4-5-8(13)14)2-1-3-7(9)12/h1-3H,4-5H2,(H,13,14). The van der Waals surface area contributed by atoms with Crippen molar-refractivity contribution in [2.45, 2.75) is 16.1 Å². The van der Waals surface area contributed by atoms with Gasteiger partial charge in [-0.2, -0.15) is 0 Å². The second-order valence-electron chi connectivity index (χ2n) is 2.88. The van der Waals surface area contributed by atoms with Gasteiger partial charge in [-0.1, -0.05) is 44.0 Å². The molecule has 5 heteroatoms. The van der Waals surface area contributed by atoms with Crippen LogP contribution < -0.4 is 0 Å². The molecular formula is C9H8Br2O3. The highest BCUT2D eigenvalue weighted by atomic mass is 79.9. The van der Waals surface area contributed by atoms with Gasteiger partial charge in [0.2, 0.25) is 0 Å². The predicted octanol–water partition coefficient (Wildman–Crippen LogP) is 2.40. The Morgan fingerprint density at radius 1 is 1.50 bits per heavy atom. The third kappa shape index (κ3) is 2.54. The molecule has 0 spiro atoms. The summed E-state index contributed by atoms with van der Waals surface area (Å²) >= 11 is 6.46. The summed E-state index contributed by atoms with van der Waals surface area (Å²) in [5.41, 5.74) is 0.729. The van der Waals surface area contributed by atoms with Crippen molar-refractivity contribution in [2.75, 3.05) is 0 Å². The number of carboxylic acids is 1. The number of carbonyl (C=O) groups is 2. The molecule has 0 saturated heterocycles. The van der Waals surface area contributed by atoms with Crippen LogP contribution in [0.2, 0.25) is 0 Å². The lowest BCUT2D eigenvalue weighted by Crippen LogP contribution is -2.27. The van der Waals surface area contributed by atoms with Crippen molar-refractivity contribution in [1.29, 1.82) is 0 Å². The Labute approximate surface area is 98.1 Å². The van der Waals surface area contributed by atoms with Gasteiger partial charge in [0.1, 0.15) is 0 Å². The zero-order valence-electron chi connectivity index (χ0n) is 7.17. The molecule has 14 heavy (non-hydrogen) atoms. The molecule has 1 N–H and O–H groups in total. The fourth-order valence-electron chi connectivity index (χ4n) is 1.10. The number of ketones is 1. The molecule has 0 aliphatic heterocycles. The van der Waals surface area contributed by atoms with Crippen LogP contribution in [0.4, 0.5) is 0 Å². The molecule has 0 atom stereocenters. The lowest BCUT2D eigenvalue weighted by Gasteiger charge is -2.23. The van der Waals surface area contributed by atoms with Crippen molar-refractivity contribution in [3.63, 3.8) is 0 Å². The lowest BCUT2D eigenvalue weighted by atomic mass is 9.99. The van der Waals surface area contributed by atoms with E-state index in [4.69, 9.17) is 5.11 Å². The third-order valence-electron chi connectivity index (χ3n) is 1.87. The molecule has 0 bridgehead atoms. The van der Waals surface area contributed by atoms with Crippen LogP contribution in [0.5, 0.6) is 0 Å². The minimum absolute atomic E-state index is 0.0197. The summed E-state index contributed by atoms with van der Waals surface area (Å²) in [6, 6.07) is 0. The van der Waals surface area contributed by atoms with E-state index in [-0.39, 0.29) is 12.2 Å². The average Bonchev–Trinajstić information content (AvgIpc) is 2.07. The number of hydrogen-bond acceptors (Lipinski definition) is 2. The fraction of sp³-hybridized carbons (Fsp3) is 0.333. The van der Waals surface area contributed by atoms with Gasteiger partial charge in [-0.15, -0.1) is 0 Å². The maximum Gasteiger partial charge on any atom is 0.303 e. The first kappa shape index (κ1) is 11.7. The smallest absolute Gasteiger partial charge is 0.303 e. The van der Waals surface area contributed by atoms with Crippen molar-refractivity contribution in [1.82, 2.24) is 0 Å². The van der Waals surface area contributed by atoms with E-state index in [0.29, 0.717) is 6.42 Å². The third-order valence-corrected chi connectivity index (χ3v) is 3.67. The highest BCUT2D eigenvalue weighted by molar-refractivity contribution is 9.26. The van der Waals surface area contributed by atoms with Crippen LogP contribution in [-0.4, -0.2) is 20.1 Å². The van der Waals surface area contributed by atoms with Crippen LogP contribution in [0.1, 0.15) is 12.8 Å². The van der Waals surface area contributed by atoms with Crippen molar-refractivity contribution >= 4 is 43.6 Å². The van der Waals surface area contributed by atoms with Gasteiger partial charge < -0.3 is 5.11 Å². The maximum absolute atomic E-state index is 11.4. The van der Waals surface area contributed by atoms with E-state index in [9.17, 15) is 9.59 Å². The number of allylic oxidation sites excluding steroid dienone is 4. The Kier molecular flexibility index (Phi) is 3.66. The molecule has 0 amide bonds. The highest BCUT2D eigenvalue weighted by Gasteiger charge is 2.35. The summed E-state index contributed by atoms with van der Waals surface area (Å²) in [6.45, 7) is 0. The van der Waals surface area contributed by atoms with E-state index in [1.807, 2.05) is 0 Å². The van der Waals surface area contributed by atoms with Crippen molar-refractivity contribution in [2.24, 2.45) is 0 Å². The molecule has 1 aliphatic rings. The lowest BCUT2D eigenvalue weighted by molar-refractivity contribution is -0.137. The SMILES string of the molecule is O=C(O)CCC1=CC=CC(=O)C1(Br)Br. The Morgan fingerprint density at radius 3 is 2.71 bits per heavy atom. The van der Waals surface area contributed by atoms with E-state index in [0.717, 1.165) is 5.57 Å². The molecule has 1 rings (SSSR count). The molecule has 0 aromatic rings. The van der Waals surface area contributed by atoms with Crippen molar-refractivity contribution in [3.8, 4) is 0 Å². The molecular weight excluding hydrogens is 316 g/mol. The Bertz CT molecular complexity index is 329. The molecule has 3 nitrogen and oxygen atoms in total. The Morgan fingerprint density at radius 2 is 2.14 bits per heavy atom. The van der Waals surface area contributed by atoms with Crippen molar-refractivity contribution < 1.29 is 14.7 Å². The fourth-order valence-corrected chi connectivity index (χ4v) is 2.03. The Balaban J connectivity index is 2.76. The zero-order valence-corrected chi connectivity index (χ0v) is 10.3. The molecule has 0 aromatic heterocycles. The van der Waals surface area contributed by atoms with Gasteiger partial charge in [-0.3, -0.25) is 9.59 Å². The number of carboxylic acid groups (broad SMARTS) is 1. The van der Waals surface area contributed by atoms with Gasteiger partial charge in [-0.25, -0.2) is 0 Å². The second-order valence-corrected chi connectivity index (χ2v) is 6.33. The van der Waals surface area contributed by atoms with Crippen LogP contribution in [-0.2, 0) is 9.59 Å². The minimum atomic E-state index is -0.913. The summed E-state index contributed by atoms with van der Waals surface area (Å²) in [4.78, 5) is 21.8. The Hall–Kier alpha value is -0.420. The highest BCUT2D eigenvalue weighted by Crippen LogP contribution is 2.40. The number of halogens is 2. The van der Waals surface area contributed by atoms with Gasteiger partial charge in [-0.05, 0) is 18.1 Å². The van der Waals surface area contributed by atoms with Crippen LogP contribution in [0, 0.1) is 0 Å². The molecule has 76 valence electrons. The molecule has 0 heterocycles. The van der Waals surface area contributed by atoms with Crippen LogP contribution in [0.3, 0.4) is 0 Å². The molecule has 0 unspecified atom stereocenters. The molecule has 0 radical (unpaired) electrons. The first-order valence-electron chi connectivity index (χ1n) is 3.96. The number of aliphatic carboxylic acids is 1. The maximum atomic E-state index is 11.4. The van der Waals surface area contributed by atoms with Gasteiger partial charge >= 0.3 is 5.97 Å². The monoisotopic (exact) mass is 322 g/mol. The van der Waals surface area contributed by atoms with E-state index in [2.05, 4.69) is 31.9 Å². The number of alkyl halides is 2. The van der Waals surface area contributed by atoms with Gasteiger partial charge in [0.25, 0.3) is 0 Å². The molecule has 0 saturated carbocycles. The minimum Gasteiger partial charge on any atom is -0.481 e. The van der Waals surface area contributed by atoms with Gasteiger partial charge in [0.05, 0.1) is 0 Å². The van der Waals surface area contributed by atoms with E-state index < -0.39 is 9.20 Å². The summed E-state index contributed by atoms with van der Waals surface area (Å²) in [7, 11) is 0. The van der Waals surface area contributed by atoms with Crippen molar-refractivity contribution in [3.05, 3.63) is 23.8 Å². The average molecular weight is 324 g/mol. The molecule has 0 fully saturated rings. The van der Waals surface area contributed by atoms with Crippen LogP contribution in [0.25, 0.3) is 0 Å². The molecule has 1 aliphatic carbocycles. The summed E-state index contributed by atoms with van der Waals surface area (Å²) in [6.07, 6.45) is 5.18. The van der Waals surface area contributed by atoms with E-state index in [1.54, 1.807) is 12.2 Å². The first-order chi connectivity index (χ1) is 6.44. The van der Waals surface area contributed by atoms with Gasteiger partial charge in [0.15, 0.2) is 9.02 Å². The molecule has 0 aromatic carbocycles. The zero-order chi connectivity index (χ0) is 10.8. The number of carbonyl (C=O) groups excluding carboxylic acids is 1.